The standard InChI is InChI=1S/C18H22F3NO5S/c1-3-5-12-15(9-8-13-16(12)27-22-17(13)18(19,20)21)26-14-7-4-6-11(14)10-25-28(2,23)24/h8-9,11,14H,3-7,10H2,1-2H3/t11-,14+/m1/s1. The summed E-state index contributed by atoms with van der Waals surface area (Å²) in [5, 5.41) is 3.12. The second kappa shape index (κ2) is 7.90. The zero-order chi connectivity index (χ0) is 20.5. The van der Waals surface area contributed by atoms with Crippen LogP contribution in [0, 0.1) is 5.92 Å². The molecular formula is C18H22F3NO5S. The highest BCUT2D eigenvalue weighted by Gasteiger charge is 2.38. The zero-order valence-corrected chi connectivity index (χ0v) is 16.4. The molecule has 0 unspecified atom stereocenters. The van der Waals surface area contributed by atoms with Gasteiger partial charge in [-0.25, -0.2) is 0 Å². The van der Waals surface area contributed by atoms with Gasteiger partial charge in [0.25, 0.3) is 10.1 Å². The summed E-state index contributed by atoms with van der Waals surface area (Å²) >= 11 is 0. The van der Waals surface area contributed by atoms with E-state index in [-0.39, 0.29) is 29.6 Å². The lowest BCUT2D eigenvalue weighted by Gasteiger charge is -2.22. The van der Waals surface area contributed by atoms with Crippen molar-refractivity contribution in [3.05, 3.63) is 23.4 Å². The van der Waals surface area contributed by atoms with Gasteiger partial charge in [-0.2, -0.15) is 21.6 Å². The van der Waals surface area contributed by atoms with Gasteiger partial charge >= 0.3 is 6.18 Å². The van der Waals surface area contributed by atoms with Crippen molar-refractivity contribution >= 4 is 21.1 Å². The van der Waals surface area contributed by atoms with Gasteiger partial charge in [0.1, 0.15) is 11.9 Å². The number of alkyl halides is 3. The van der Waals surface area contributed by atoms with Crippen molar-refractivity contribution in [2.45, 2.75) is 51.3 Å². The molecule has 156 valence electrons. The van der Waals surface area contributed by atoms with Crippen LogP contribution in [0.25, 0.3) is 11.0 Å². The molecule has 2 atom stereocenters. The van der Waals surface area contributed by atoms with Crippen LogP contribution in [0.5, 0.6) is 5.75 Å². The molecule has 1 saturated carbocycles. The summed E-state index contributed by atoms with van der Waals surface area (Å²) in [6.45, 7) is 1.93. The summed E-state index contributed by atoms with van der Waals surface area (Å²) in [5.74, 6) is 0.329. The van der Waals surface area contributed by atoms with E-state index in [0.717, 1.165) is 19.1 Å². The van der Waals surface area contributed by atoms with Gasteiger partial charge < -0.3 is 9.26 Å². The number of nitrogens with zero attached hydrogens (tertiary/aromatic N) is 1. The fourth-order valence-corrected chi connectivity index (χ4v) is 3.99. The van der Waals surface area contributed by atoms with E-state index in [1.807, 2.05) is 6.92 Å². The van der Waals surface area contributed by atoms with Gasteiger partial charge in [-0.1, -0.05) is 18.5 Å². The Kier molecular flexibility index (Phi) is 5.90. The van der Waals surface area contributed by atoms with E-state index in [1.165, 1.54) is 12.1 Å². The van der Waals surface area contributed by atoms with E-state index in [1.54, 1.807) is 0 Å². The van der Waals surface area contributed by atoms with Crippen LogP contribution in [0.2, 0.25) is 0 Å². The molecule has 0 bridgehead atoms. The Morgan fingerprint density at radius 3 is 2.68 bits per heavy atom. The van der Waals surface area contributed by atoms with Crippen LogP contribution in [0.1, 0.15) is 43.9 Å². The molecular weight excluding hydrogens is 399 g/mol. The van der Waals surface area contributed by atoms with Gasteiger partial charge in [-0.15, -0.1) is 0 Å². The van der Waals surface area contributed by atoms with E-state index in [9.17, 15) is 21.6 Å². The van der Waals surface area contributed by atoms with Crippen LogP contribution >= 0.6 is 0 Å². The average molecular weight is 421 g/mol. The number of aryl methyl sites for hydroxylation is 1. The molecule has 1 heterocycles. The third-order valence-electron chi connectivity index (χ3n) is 4.83. The molecule has 0 spiro atoms. The molecule has 0 radical (unpaired) electrons. The second-order valence-corrected chi connectivity index (χ2v) is 8.68. The lowest BCUT2D eigenvalue weighted by molar-refractivity contribution is -0.141. The number of aromatic nitrogens is 1. The molecule has 1 aromatic carbocycles. The lowest BCUT2D eigenvalue weighted by Crippen LogP contribution is -2.26. The lowest BCUT2D eigenvalue weighted by atomic mass is 10.0. The highest BCUT2D eigenvalue weighted by atomic mass is 32.2. The van der Waals surface area contributed by atoms with E-state index in [4.69, 9.17) is 13.4 Å². The Labute approximate surface area is 161 Å². The largest absolute Gasteiger partial charge is 0.490 e. The topological polar surface area (TPSA) is 78.6 Å². The summed E-state index contributed by atoms with van der Waals surface area (Å²) in [4.78, 5) is 0. The first kappa shape index (κ1) is 20.9. The number of ether oxygens (including phenoxy) is 1. The Balaban J connectivity index is 1.89. The zero-order valence-electron chi connectivity index (χ0n) is 15.6. The molecule has 1 aliphatic carbocycles. The van der Waals surface area contributed by atoms with Crippen molar-refractivity contribution in [1.29, 1.82) is 0 Å². The fraction of sp³-hybridized carbons (Fsp3) is 0.611. The monoisotopic (exact) mass is 421 g/mol. The van der Waals surface area contributed by atoms with Crippen LogP contribution < -0.4 is 4.74 Å². The normalized spacial score (nSPS) is 20.8. The van der Waals surface area contributed by atoms with Crippen molar-refractivity contribution in [1.82, 2.24) is 5.16 Å². The molecule has 0 N–H and O–H groups in total. The Hall–Kier alpha value is -1.81. The summed E-state index contributed by atoms with van der Waals surface area (Å²) in [6.07, 6.45) is -0.408. The number of benzene rings is 1. The number of hydrogen-bond donors (Lipinski definition) is 0. The second-order valence-electron chi connectivity index (χ2n) is 7.03. The third kappa shape index (κ3) is 4.60. The molecule has 0 aliphatic heterocycles. The van der Waals surface area contributed by atoms with Crippen LogP contribution in [-0.2, 0) is 26.9 Å². The van der Waals surface area contributed by atoms with Gasteiger partial charge in [-0.3, -0.25) is 4.18 Å². The predicted octanol–water partition coefficient (Wildman–Crippen LogP) is 4.32. The fourth-order valence-electron chi connectivity index (χ4n) is 3.57. The Morgan fingerprint density at radius 1 is 1.29 bits per heavy atom. The number of hydrogen-bond acceptors (Lipinski definition) is 6. The minimum Gasteiger partial charge on any atom is -0.490 e. The minimum absolute atomic E-state index is 0.0232. The van der Waals surface area contributed by atoms with Crippen molar-refractivity contribution < 1.29 is 35.0 Å². The predicted molar refractivity (Wildman–Crippen MR) is 95.6 cm³/mol. The maximum absolute atomic E-state index is 13.1. The van der Waals surface area contributed by atoms with Crippen molar-refractivity contribution in [3.63, 3.8) is 0 Å². The van der Waals surface area contributed by atoms with Gasteiger partial charge in [0.05, 0.1) is 18.2 Å². The van der Waals surface area contributed by atoms with Crippen LogP contribution in [0.3, 0.4) is 0 Å². The molecule has 1 fully saturated rings. The first-order valence-electron chi connectivity index (χ1n) is 9.09. The first-order chi connectivity index (χ1) is 13.1. The minimum atomic E-state index is -4.60. The van der Waals surface area contributed by atoms with E-state index in [0.29, 0.717) is 30.6 Å². The summed E-state index contributed by atoms with van der Waals surface area (Å²) in [5.41, 5.74) is -0.432. The van der Waals surface area contributed by atoms with Gasteiger partial charge in [0, 0.05) is 11.5 Å². The summed E-state index contributed by atoms with van der Waals surface area (Å²) in [7, 11) is -3.55. The SMILES string of the molecule is CCCc1c(O[C@H]2CCC[C@@H]2COS(C)(=O)=O)ccc2c(C(F)(F)F)noc12. The Morgan fingerprint density at radius 2 is 2.04 bits per heavy atom. The van der Waals surface area contributed by atoms with Crippen molar-refractivity contribution in [2.24, 2.45) is 5.92 Å². The number of halogens is 3. The van der Waals surface area contributed by atoms with E-state index in [2.05, 4.69) is 5.16 Å². The molecule has 1 aliphatic rings. The van der Waals surface area contributed by atoms with Gasteiger partial charge in [-0.05, 0) is 37.8 Å². The smallest absolute Gasteiger partial charge is 0.437 e. The molecule has 28 heavy (non-hydrogen) atoms. The quantitative estimate of drug-likeness (QED) is 0.620. The molecule has 0 saturated heterocycles. The van der Waals surface area contributed by atoms with Crippen LogP contribution in [-0.4, -0.2) is 32.5 Å². The van der Waals surface area contributed by atoms with Crippen LogP contribution in [0.4, 0.5) is 13.2 Å². The molecule has 0 amide bonds. The molecule has 2 aromatic rings. The van der Waals surface area contributed by atoms with E-state index >= 15 is 0 Å². The maximum Gasteiger partial charge on any atom is 0.437 e. The third-order valence-corrected chi connectivity index (χ3v) is 5.40. The van der Waals surface area contributed by atoms with Crippen molar-refractivity contribution in [2.75, 3.05) is 12.9 Å². The van der Waals surface area contributed by atoms with Gasteiger partial charge in [0.2, 0.25) is 0 Å². The molecule has 3 rings (SSSR count). The van der Waals surface area contributed by atoms with Crippen LogP contribution in [0.15, 0.2) is 16.7 Å². The molecule has 1 aromatic heterocycles. The average Bonchev–Trinajstić information content (AvgIpc) is 3.20. The number of rotatable bonds is 7. The molecule has 6 nitrogen and oxygen atoms in total. The van der Waals surface area contributed by atoms with Gasteiger partial charge in [0.15, 0.2) is 11.3 Å². The summed E-state index contributed by atoms with van der Waals surface area (Å²) in [6, 6.07) is 2.81. The highest BCUT2D eigenvalue weighted by molar-refractivity contribution is 7.85. The Bertz CT molecular complexity index is 939. The number of fused-ring (bicyclic) bond motifs is 1. The van der Waals surface area contributed by atoms with Crippen molar-refractivity contribution in [3.8, 4) is 5.75 Å². The summed E-state index contributed by atoms with van der Waals surface area (Å²) < 4.78 is 77.9. The maximum atomic E-state index is 13.1. The highest BCUT2D eigenvalue weighted by Crippen LogP contribution is 2.39. The van der Waals surface area contributed by atoms with E-state index < -0.39 is 22.0 Å². The first-order valence-corrected chi connectivity index (χ1v) is 10.9. The molecule has 10 heteroatoms.